The minimum atomic E-state index is -0.283. The van der Waals surface area contributed by atoms with Crippen LogP contribution in [0.3, 0.4) is 0 Å². The van der Waals surface area contributed by atoms with E-state index in [-0.39, 0.29) is 16.7 Å². The molecule has 0 aromatic carbocycles. The zero-order valence-electron chi connectivity index (χ0n) is 11.8. The van der Waals surface area contributed by atoms with Crippen molar-refractivity contribution in [3.05, 3.63) is 0 Å². The fraction of sp³-hybridized carbons (Fsp3) is 0.857. The van der Waals surface area contributed by atoms with Crippen LogP contribution in [0.15, 0.2) is 0 Å². The van der Waals surface area contributed by atoms with Crippen molar-refractivity contribution in [2.75, 3.05) is 13.1 Å². The van der Waals surface area contributed by atoms with Gasteiger partial charge >= 0.3 is 0 Å². The Bertz CT molecular complexity index is 307. The molecule has 1 saturated heterocycles. The van der Waals surface area contributed by atoms with Gasteiger partial charge < -0.3 is 4.90 Å². The maximum atomic E-state index is 12.5. The van der Waals surface area contributed by atoms with Crippen molar-refractivity contribution in [3.63, 3.8) is 0 Å². The Hall–Kier alpha value is -0.860. The molecule has 0 bridgehead atoms. The topological polar surface area (TPSA) is 37.4 Å². The third-order valence-electron chi connectivity index (χ3n) is 4.01. The minimum absolute atomic E-state index is 0.123. The van der Waals surface area contributed by atoms with Gasteiger partial charge in [0.2, 0.25) is 5.91 Å². The average Bonchev–Trinajstić information content (AvgIpc) is 2.26. The quantitative estimate of drug-likeness (QED) is 0.743. The van der Waals surface area contributed by atoms with Gasteiger partial charge in [-0.3, -0.25) is 9.59 Å². The molecule has 3 heteroatoms. The summed E-state index contributed by atoms with van der Waals surface area (Å²) in [4.78, 5) is 25.7. The van der Waals surface area contributed by atoms with E-state index in [1.807, 2.05) is 25.7 Å². The van der Waals surface area contributed by atoms with Crippen LogP contribution in [0.5, 0.6) is 0 Å². The van der Waals surface area contributed by atoms with Gasteiger partial charge in [0.25, 0.3) is 0 Å². The summed E-state index contributed by atoms with van der Waals surface area (Å²) in [6, 6.07) is 0. The summed E-state index contributed by atoms with van der Waals surface area (Å²) >= 11 is 0. The average molecular weight is 239 g/mol. The highest BCUT2D eigenvalue weighted by molar-refractivity contribution is 5.89. The van der Waals surface area contributed by atoms with E-state index in [4.69, 9.17) is 0 Å². The maximum absolute atomic E-state index is 12.5. The molecule has 3 nitrogen and oxygen atoms in total. The molecule has 0 saturated carbocycles. The van der Waals surface area contributed by atoms with Crippen molar-refractivity contribution in [2.24, 2.45) is 10.8 Å². The Balaban J connectivity index is 2.81. The number of likely N-dealkylation sites (tertiary alicyclic amines) is 1. The third kappa shape index (κ3) is 2.88. The van der Waals surface area contributed by atoms with E-state index in [9.17, 15) is 9.59 Å². The molecule has 0 N–H and O–H groups in total. The van der Waals surface area contributed by atoms with E-state index in [0.29, 0.717) is 5.78 Å². The predicted molar refractivity (Wildman–Crippen MR) is 68.7 cm³/mol. The Morgan fingerprint density at radius 3 is 1.94 bits per heavy atom. The highest BCUT2D eigenvalue weighted by atomic mass is 16.2. The summed E-state index contributed by atoms with van der Waals surface area (Å²) in [5.74, 6) is 0.480. The molecule has 0 aromatic heterocycles. The van der Waals surface area contributed by atoms with Crippen molar-refractivity contribution >= 4 is 11.7 Å². The van der Waals surface area contributed by atoms with Crippen LogP contribution < -0.4 is 0 Å². The lowest BCUT2D eigenvalue weighted by molar-refractivity contribution is -0.143. The molecule has 0 spiro atoms. The monoisotopic (exact) mass is 239 g/mol. The molecule has 0 aliphatic carbocycles. The first-order chi connectivity index (χ1) is 7.73. The van der Waals surface area contributed by atoms with Crippen molar-refractivity contribution < 1.29 is 9.59 Å². The maximum Gasteiger partial charge on any atom is 0.219 e. The van der Waals surface area contributed by atoms with Crippen LogP contribution in [0.1, 0.15) is 53.9 Å². The van der Waals surface area contributed by atoms with Crippen LogP contribution in [0.2, 0.25) is 0 Å². The number of carbonyl (C=O) groups excluding carboxylic acids is 2. The molecular weight excluding hydrogens is 214 g/mol. The van der Waals surface area contributed by atoms with Crippen molar-refractivity contribution in [1.29, 1.82) is 0 Å². The molecule has 0 atom stereocenters. The molecule has 1 rings (SSSR count). The van der Waals surface area contributed by atoms with E-state index in [0.717, 1.165) is 32.4 Å². The first-order valence-corrected chi connectivity index (χ1v) is 6.53. The van der Waals surface area contributed by atoms with Crippen LogP contribution >= 0.6 is 0 Å². The van der Waals surface area contributed by atoms with Crippen LogP contribution in [0, 0.1) is 10.8 Å². The van der Waals surface area contributed by atoms with Crippen LogP contribution in [0.25, 0.3) is 0 Å². The standard InChI is InChI=1S/C14H25NO2/c1-6-14(12(17)13(3,4)5)7-9-15(10-8-14)11(2)16/h6-10H2,1-5H3. The highest BCUT2D eigenvalue weighted by Gasteiger charge is 2.44. The third-order valence-corrected chi connectivity index (χ3v) is 4.01. The predicted octanol–water partition coefficient (Wildman–Crippen LogP) is 2.64. The van der Waals surface area contributed by atoms with Gasteiger partial charge in [-0.1, -0.05) is 27.7 Å². The van der Waals surface area contributed by atoms with Gasteiger partial charge in [0, 0.05) is 30.8 Å². The second kappa shape index (κ2) is 4.79. The number of rotatable bonds is 2. The molecular formula is C14H25NO2. The van der Waals surface area contributed by atoms with E-state index in [1.54, 1.807) is 6.92 Å². The zero-order chi connectivity index (χ0) is 13.3. The molecule has 0 radical (unpaired) electrons. The van der Waals surface area contributed by atoms with Crippen LogP contribution in [0.4, 0.5) is 0 Å². The number of amides is 1. The van der Waals surface area contributed by atoms with E-state index >= 15 is 0 Å². The summed E-state index contributed by atoms with van der Waals surface area (Å²) in [6.45, 7) is 11.1. The summed E-state index contributed by atoms with van der Waals surface area (Å²) in [5, 5.41) is 0. The summed E-state index contributed by atoms with van der Waals surface area (Å²) in [7, 11) is 0. The highest BCUT2D eigenvalue weighted by Crippen LogP contribution is 2.41. The first-order valence-electron chi connectivity index (χ1n) is 6.53. The molecule has 0 aromatic rings. The second-order valence-corrected chi connectivity index (χ2v) is 6.22. The Labute approximate surface area is 105 Å². The van der Waals surface area contributed by atoms with Gasteiger partial charge in [0.15, 0.2) is 0 Å². The number of ketones is 1. The summed E-state index contributed by atoms with van der Waals surface area (Å²) in [6.07, 6.45) is 2.52. The van der Waals surface area contributed by atoms with Gasteiger partial charge in [-0.2, -0.15) is 0 Å². The number of hydrogen-bond donors (Lipinski definition) is 0. The lowest BCUT2D eigenvalue weighted by atomic mass is 9.65. The zero-order valence-corrected chi connectivity index (χ0v) is 11.8. The van der Waals surface area contributed by atoms with Gasteiger partial charge in [-0.15, -0.1) is 0 Å². The second-order valence-electron chi connectivity index (χ2n) is 6.22. The number of carbonyl (C=O) groups is 2. The molecule has 1 amide bonds. The molecule has 17 heavy (non-hydrogen) atoms. The Morgan fingerprint density at radius 2 is 1.65 bits per heavy atom. The van der Waals surface area contributed by atoms with Crippen molar-refractivity contribution in [1.82, 2.24) is 4.90 Å². The molecule has 1 heterocycles. The lowest BCUT2D eigenvalue weighted by Crippen LogP contribution is -2.48. The van der Waals surface area contributed by atoms with Gasteiger partial charge in [0.05, 0.1) is 0 Å². The van der Waals surface area contributed by atoms with Crippen LogP contribution in [-0.4, -0.2) is 29.7 Å². The smallest absolute Gasteiger partial charge is 0.219 e. The van der Waals surface area contributed by atoms with Crippen molar-refractivity contribution in [2.45, 2.75) is 53.9 Å². The van der Waals surface area contributed by atoms with Crippen LogP contribution in [-0.2, 0) is 9.59 Å². The normalized spacial score (nSPS) is 20.2. The van der Waals surface area contributed by atoms with E-state index in [1.165, 1.54) is 0 Å². The van der Waals surface area contributed by atoms with Gasteiger partial charge in [-0.05, 0) is 19.3 Å². The number of nitrogens with zero attached hydrogens (tertiary/aromatic N) is 1. The number of hydrogen-bond acceptors (Lipinski definition) is 2. The molecule has 98 valence electrons. The van der Waals surface area contributed by atoms with E-state index in [2.05, 4.69) is 6.92 Å². The minimum Gasteiger partial charge on any atom is -0.343 e. The summed E-state index contributed by atoms with van der Waals surface area (Å²) < 4.78 is 0. The number of piperidine rings is 1. The molecule has 1 aliphatic heterocycles. The largest absolute Gasteiger partial charge is 0.343 e. The summed E-state index contributed by atoms with van der Waals surface area (Å²) in [5.41, 5.74) is -0.487. The molecule has 0 unspecified atom stereocenters. The number of Topliss-reactive ketones (excluding diaryl/α,β-unsaturated/α-hetero) is 1. The Morgan fingerprint density at radius 1 is 1.18 bits per heavy atom. The lowest BCUT2D eigenvalue weighted by Gasteiger charge is -2.43. The fourth-order valence-corrected chi connectivity index (χ4v) is 2.79. The van der Waals surface area contributed by atoms with Gasteiger partial charge in [0.1, 0.15) is 5.78 Å². The molecule has 1 aliphatic rings. The molecule has 1 fully saturated rings. The van der Waals surface area contributed by atoms with E-state index < -0.39 is 0 Å². The van der Waals surface area contributed by atoms with Crippen molar-refractivity contribution in [3.8, 4) is 0 Å². The first kappa shape index (κ1) is 14.2. The SMILES string of the molecule is CCC1(C(=O)C(C)(C)C)CCN(C(C)=O)CC1. The fourth-order valence-electron chi connectivity index (χ4n) is 2.79. The Kier molecular flexibility index (Phi) is 4.00. The van der Waals surface area contributed by atoms with Gasteiger partial charge in [-0.25, -0.2) is 0 Å².